The molecule has 0 saturated heterocycles. The summed E-state index contributed by atoms with van der Waals surface area (Å²) in [6.07, 6.45) is 32.3. The first-order valence-corrected chi connectivity index (χ1v) is 33.1. The molecule has 0 atom stereocenters. The zero-order valence-electron chi connectivity index (χ0n) is 54.2. The van der Waals surface area contributed by atoms with Crippen LogP contribution in [0, 0.1) is 13.8 Å². The number of para-hydroxylation sites is 8. The first-order chi connectivity index (χ1) is 48.3. The van der Waals surface area contributed by atoms with Gasteiger partial charge in [0.15, 0.2) is 11.4 Å². The van der Waals surface area contributed by atoms with Gasteiger partial charge in [-0.2, -0.15) is 0 Å². The molecule has 98 heavy (non-hydrogen) atoms. The van der Waals surface area contributed by atoms with Gasteiger partial charge < -0.3 is 22.3 Å². The predicted octanol–water partition coefficient (Wildman–Crippen LogP) is 14.3. The van der Waals surface area contributed by atoms with Crippen LogP contribution in [-0.2, 0) is 57.8 Å². The van der Waals surface area contributed by atoms with E-state index in [1.165, 1.54) is 17.0 Å². The van der Waals surface area contributed by atoms with Crippen molar-refractivity contribution in [3.05, 3.63) is 295 Å². The second-order valence-corrected chi connectivity index (χ2v) is 24.4. The zero-order chi connectivity index (χ0) is 65.7. The summed E-state index contributed by atoms with van der Waals surface area (Å²) in [7, 11) is 0. The van der Waals surface area contributed by atoms with Crippen molar-refractivity contribution in [2.75, 3.05) is 6.61 Å². The highest BCUT2D eigenvalue weighted by molar-refractivity contribution is 5.92. The molecule has 0 saturated carbocycles. The number of aromatic nitrogens is 18. The minimum absolute atomic E-state index is 0.778. The molecule has 0 bridgehead atoms. The van der Waals surface area contributed by atoms with Crippen LogP contribution in [0.15, 0.2) is 232 Å². The van der Waals surface area contributed by atoms with Gasteiger partial charge in [0.25, 0.3) is 0 Å². The van der Waals surface area contributed by atoms with Crippen LogP contribution in [0.3, 0.4) is 0 Å². The van der Waals surface area contributed by atoms with Crippen molar-refractivity contribution in [1.82, 2.24) is 87.4 Å². The van der Waals surface area contributed by atoms with E-state index in [0.29, 0.717) is 0 Å². The Morgan fingerprint density at radius 3 is 1.32 bits per heavy atom. The smallest absolute Gasteiger partial charge is 0.180 e. The fourth-order valence-corrected chi connectivity index (χ4v) is 12.7. The van der Waals surface area contributed by atoms with Gasteiger partial charge in [-0.05, 0) is 187 Å². The highest BCUT2D eigenvalue weighted by atomic mass is 16.5. The molecule has 1 aliphatic heterocycles. The van der Waals surface area contributed by atoms with E-state index in [-0.39, 0.29) is 0 Å². The third kappa shape index (κ3) is 12.9. The highest BCUT2D eigenvalue weighted by Crippen LogP contribution is 2.31. The summed E-state index contributed by atoms with van der Waals surface area (Å²) >= 11 is 0. The van der Waals surface area contributed by atoms with Gasteiger partial charge in [-0.25, -0.2) is 39.9 Å². The second-order valence-electron chi connectivity index (χ2n) is 24.4. The summed E-state index contributed by atoms with van der Waals surface area (Å²) in [6.45, 7) is 5.01. The molecule has 19 rings (SSSR count). The van der Waals surface area contributed by atoms with Crippen LogP contribution in [0.2, 0.25) is 0 Å². The fraction of sp³-hybridized carbons (Fsp3) is 0.165. The van der Waals surface area contributed by atoms with Crippen LogP contribution in [0.25, 0.3) is 88.5 Å². The molecule has 0 spiro atoms. The van der Waals surface area contributed by atoms with Gasteiger partial charge in [-0.1, -0.05) is 54.6 Å². The van der Waals surface area contributed by atoms with Gasteiger partial charge in [-0.3, -0.25) is 29.9 Å². The van der Waals surface area contributed by atoms with Gasteiger partial charge in [0, 0.05) is 96.5 Å². The van der Waals surface area contributed by atoms with E-state index in [1.54, 1.807) is 6.20 Å². The molecule has 19 heteroatoms. The molecule has 478 valence electrons. The van der Waals surface area contributed by atoms with Crippen LogP contribution in [0.1, 0.15) is 68.9 Å². The number of rotatable bonds is 12. The number of nitrogens with zero attached hydrogens (tertiary/aromatic N) is 18. The van der Waals surface area contributed by atoms with Gasteiger partial charge >= 0.3 is 0 Å². The molecule has 19 nitrogen and oxygen atoms in total. The first-order valence-electron chi connectivity index (χ1n) is 33.1. The molecule has 0 fully saturated rings. The first kappa shape index (κ1) is 60.6. The number of aryl methyl sites for hydroxylation is 11. The van der Waals surface area contributed by atoms with Crippen molar-refractivity contribution >= 4 is 88.5 Å². The SMILES string of the molecule is Cc1c(CCc2cnc3ccccc3n2)nc2c3c(ccn12)CCCO3.Cc1c(CCc2cnc3ccccc3n2)nc2c3cccnc3ccn12.c1ccc2nc(CCc3cn4ccc5ncccc5c4n3)cnc2c1.c1ccc2nc(CCc3cn4ccccc4n3)cnc2c1. The largest absolute Gasteiger partial charge is 0.489 e. The molecule has 14 aromatic heterocycles. The average molecular weight is 1280 g/mol. The molecular formula is C79H66N18O. The zero-order valence-corrected chi connectivity index (χ0v) is 54.2. The predicted molar refractivity (Wildman–Crippen MR) is 382 cm³/mol. The fourth-order valence-electron chi connectivity index (χ4n) is 12.7. The Morgan fingerprint density at radius 1 is 0.337 bits per heavy atom. The number of fused-ring (bicyclic) bond motifs is 14. The number of pyridine rings is 6. The van der Waals surface area contributed by atoms with Crippen LogP contribution >= 0.6 is 0 Å². The molecule has 0 unspecified atom stereocenters. The van der Waals surface area contributed by atoms with Gasteiger partial charge in [0.2, 0.25) is 0 Å². The average Bonchev–Trinajstić information content (AvgIpc) is 1.79. The summed E-state index contributed by atoms with van der Waals surface area (Å²) in [5.74, 6) is 0.957. The van der Waals surface area contributed by atoms with Crippen molar-refractivity contribution in [2.45, 2.75) is 78.1 Å². The number of benzene rings is 4. The van der Waals surface area contributed by atoms with Crippen LogP contribution in [0.5, 0.6) is 5.75 Å². The van der Waals surface area contributed by atoms with E-state index in [9.17, 15) is 0 Å². The van der Waals surface area contributed by atoms with E-state index in [0.717, 1.165) is 211 Å². The highest BCUT2D eigenvalue weighted by Gasteiger charge is 2.20. The molecule has 15 heterocycles. The van der Waals surface area contributed by atoms with Crippen LogP contribution in [-0.4, -0.2) is 94.0 Å². The third-order valence-corrected chi connectivity index (χ3v) is 17.9. The minimum atomic E-state index is 0.778. The Kier molecular flexibility index (Phi) is 16.8. The van der Waals surface area contributed by atoms with Gasteiger partial charge in [0.1, 0.15) is 16.9 Å². The maximum Gasteiger partial charge on any atom is 0.180 e. The molecule has 0 N–H and O–H groups in total. The van der Waals surface area contributed by atoms with Crippen LogP contribution in [0.4, 0.5) is 0 Å². The lowest BCUT2D eigenvalue weighted by atomic mass is 10.1. The van der Waals surface area contributed by atoms with Gasteiger partial charge in [0.05, 0.1) is 107 Å². The summed E-state index contributed by atoms with van der Waals surface area (Å²) in [4.78, 5) is 64.7. The Labute approximate surface area is 562 Å². The molecule has 18 aromatic rings. The quantitative estimate of drug-likeness (QED) is 0.111. The van der Waals surface area contributed by atoms with Gasteiger partial charge in [-0.15, -0.1) is 0 Å². The summed E-state index contributed by atoms with van der Waals surface area (Å²) < 4.78 is 14.3. The monoisotopic (exact) mass is 1280 g/mol. The molecule has 1 aliphatic rings. The van der Waals surface area contributed by atoms with E-state index >= 15 is 0 Å². The van der Waals surface area contributed by atoms with Crippen molar-refractivity contribution in [1.29, 1.82) is 0 Å². The summed E-state index contributed by atoms with van der Waals surface area (Å²) in [6, 6.07) is 52.1. The number of hydrogen-bond acceptors (Lipinski definition) is 15. The maximum absolute atomic E-state index is 5.91. The molecule has 0 aliphatic carbocycles. The maximum atomic E-state index is 5.91. The van der Waals surface area contributed by atoms with E-state index in [1.807, 2.05) is 194 Å². The van der Waals surface area contributed by atoms with E-state index < -0.39 is 0 Å². The minimum Gasteiger partial charge on any atom is -0.489 e. The van der Waals surface area contributed by atoms with Crippen LogP contribution < -0.4 is 4.74 Å². The number of hydrogen-bond donors (Lipinski definition) is 0. The van der Waals surface area contributed by atoms with E-state index in [4.69, 9.17) is 29.7 Å². The van der Waals surface area contributed by atoms with Crippen molar-refractivity contribution < 1.29 is 4.74 Å². The van der Waals surface area contributed by atoms with Crippen molar-refractivity contribution in [3.8, 4) is 5.75 Å². The molecule has 0 amide bonds. The lowest BCUT2D eigenvalue weighted by molar-refractivity contribution is 0.290. The normalized spacial score (nSPS) is 12.1. The molecule has 4 aromatic carbocycles. The van der Waals surface area contributed by atoms with E-state index in [2.05, 4.69) is 109 Å². The van der Waals surface area contributed by atoms with Crippen molar-refractivity contribution in [3.63, 3.8) is 0 Å². The summed E-state index contributed by atoms with van der Waals surface area (Å²) in [5.41, 5.74) is 25.2. The molecular weight excluding hydrogens is 1220 g/mol. The Morgan fingerprint density at radius 2 is 0.776 bits per heavy atom. The number of imidazole rings is 4. The second kappa shape index (κ2) is 27.2. The third-order valence-electron chi connectivity index (χ3n) is 17.9. The number of ether oxygens (including phenoxy) is 1. The lowest BCUT2D eigenvalue weighted by Gasteiger charge is -2.17. The Hall–Kier alpha value is -12.4. The topological polar surface area (TPSA) is 207 Å². The standard InChI is InChI=1S/C21H17N5.C21H20N4O.C20H15N5.C17H14N4/c1-14-17(9-8-15-13-23-19-6-2-3-7-20(19)24-15)25-21-16-5-4-11-22-18(16)10-12-26(14)21;1-14-17(9-8-16-13-22-18-6-2-3-7-19(18)23-16)24-21-20-15(5-4-12-26-20)10-11-25(14)21;1-2-6-19-18(5-1)22-12-14(23-19)7-8-15-13-25-11-9-17-16(20(25)24-15)4-3-10-21-17;1-2-6-16-15(5-1)18-11-13(19-16)8-9-14-12-21-10-4-3-7-17(21)20-14/h2-7,10-13H,8-9H2,1H3;2-3,6-7,10-11,13H,4-5,8-9,12H2,1H3;1-6,9-13H,7-8H2;1-7,10-12H,8-9H2. The molecule has 0 radical (unpaired) electrons. The lowest BCUT2D eigenvalue weighted by Crippen LogP contribution is -2.09. The Balaban J connectivity index is 0.000000103. The Bertz CT molecular complexity index is 5900. The summed E-state index contributed by atoms with van der Waals surface area (Å²) in [5, 5.41) is 2.15. The van der Waals surface area contributed by atoms with Crippen molar-refractivity contribution in [2.24, 2.45) is 0 Å².